The lowest BCUT2D eigenvalue weighted by Gasteiger charge is -2.30. The SMILES string of the molecule is O=C(Nc1cccc2c1CCN(Cc1ccc3nsnc3c1)C2)c1ccncc1. The van der Waals surface area contributed by atoms with Crippen LogP contribution >= 0.6 is 11.7 Å². The molecule has 1 aliphatic rings. The molecule has 2 aromatic carbocycles. The third kappa shape index (κ3) is 3.74. The number of nitrogens with one attached hydrogen (secondary N) is 1. The maximum atomic E-state index is 12.5. The molecule has 0 radical (unpaired) electrons. The molecule has 0 fully saturated rings. The monoisotopic (exact) mass is 401 g/mol. The van der Waals surface area contributed by atoms with Gasteiger partial charge in [0.25, 0.3) is 5.91 Å². The van der Waals surface area contributed by atoms with Gasteiger partial charge in [0.2, 0.25) is 0 Å². The number of carbonyl (C=O) groups excluding carboxylic acids is 1. The van der Waals surface area contributed by atoms with Gasteiger partial charge in [-0.05, 0) is 53.4 Å². The average molecular weight is 401 g/mol. The van der Waals surface area contributed by atoms with Crippen LogP contribution in [0.5, 0.6) is 0 Å². The molecule has 0 atom stereocenters. The van der Waals surface area contributed by atoms with E-state index in [1.165, 1.54) is 28.4 Å². The van der Waals surface area contributed by atoms with Crippen molar-refractivity contribution in [3.63, 3.8) is 0 Å². The van der Waals surface area contributed by atoms with Gasteiger partial charge in [-0.1, -0.05) is 18.2 Å². The van der Waals surface area contributed by atoms with Gasteiger partial charge < -0.3 is 5.32 Å². The summed E-state index contributed by atoms with van der Waals surface area (Å²) >= 11 is 1.25. The second-order valence-corrected chi connectivity index (χ2v) is 7.71. The number of fused-ring (bicyclic) bond motifs is 2. The van der Waals surface area contributed by atoms with Gasteiger partial charge >= 0.3 is 0 Å². The van der Waals surface area contributed by atoms with Crippen LogP contribution in [0.1, 0.15) is 27.0 Å². The number of hydrogen-bond donors (Lipinski definition) is 1. The van der Waals surface area contributed by atoms with Crippen LogP contribution in [0.25, 0.3) is 11.0 Å². The van der Waals surface area contributed by atoms with Crippen molar-refractivity contribution in [3.05, 3.63) is 83.2 Å². The largest absolute Gasteiger partial charge is 0.322 e. The lowest BCUT2D eigenvalue weighted by molar-refractivity contribution is 0.102. The predicted molar refractivity (Wildman–Crippen MR) is 114 cm³/mol. The highest BCUT2D eigenvalue weighted by Gasteiger charge is 2.20. The second kappa shape index (κ2) is 7.69. The number of hydrogen-bond acceptors (Lipinski definition) is 6. The molecule has 5 rings (SSSR count). The first-order valence-corrected chi connectivity index (χ1v) is 10.2. The minimum Gasteiger partial charge on any atom is -0.322 e. The van der Waals surface area contributed by atoms with Crippen molar-refractivity contribution in [1.82, 2.24) is 18.6 Å². The van der Waals surface area contributed by atoms with E-state index < -0.39 is 0 Å². The number of aromatic nitrogens is 3. The van der Waals surface area contributed by atoms with Crippen LogP contribution < -0.4 is 5.32 Å². The number of nitrogens with zero attached hydrogens (tertiary/aromatic N) is 4. The Morgan fingerprint density at radius 1 is 1.07 bits per heavy atom. The van der Waals surface area contributed by atoms with E-state index in [1.54, 1.807) is 24.5 Å². The van der Waals surface area contributed by atoms with Crippen LogP contribution in [-0.4, -0.2) is 31.1 Å². The van der Waals surface area contributed by atoms with Gasteiger partial charge in [0.1, 0.15) is 11.0 Å². The van der Waals surface area contributed by atoms with Gasteiger partial charge in [-0.2, -0.15) is 8.75 Å². The van der Waals surface area contributed by atoms with Crippen molar-refractivity contribution in [3.8, 4) is 0 Å². The Morgan fingerprint density at radius 2 is 1.93 bits per heavy atom. The van der Waals surface area contributed by atoms with Crippen molar-refractivity contribution in [2.75, 3.05) is 11.9 Å². The molecular formula is C22H19N5OS. The molecule has 0 saturated heterocycles. The van der Waals surface area contributed by atoms with Crippen molar-refractivity contribution in [2.24, 2.45) is 0 Å². The molecule has 0 bridgehead atoms. The van der Waals surface area contributed by atoms with Crippen molar-refractivity contribution < 1.29 is 4.79 Å². The van der Waals surface area contributed by atoms with Gasteiger partial charge in [0.15, 0.2) is 0 Å². The summed E-state index contributed by atoms with van der Waals surface area (Å²) in [4.78, 5) is 18.9. The van der Waals surface area contributed by atoms with Crippen LogP contribution in [0.4, 0.5) is 5.69 Å². The Kier molecular flexibility index (Phi) is 4.75. The third-order valence-electron chi connectivity index (χ3n) is 5.26. The predicted octanol–water partition coefficient (Wildman–Crippen LogP) is 3.90. The van der Waals surface area contributed by atoms with Crippen LogP contribution in [-0.2, 0) is 19.5 Å². The van der Waals surface area contributed by atoms with Crippen LogP contribution in [0.3, 0.4) is 0 Å². The number of pyridine rings is 1. The first kappa shape index (κ1) is 17.9. The van der Waals surface area contributed by atoms with Gasteiger partial charge in [-0.3, -0.25) is 14.7 Å². The van der Waals surface area contributed by atoms with Gasteiger partial charge in [0, 0.05) is 43.3 Å². The highest BCUT2D eigenvalue weighted by Crippen LogP contribution is 2.28. The van der Waals surface area contributed by atoms with E-state index in [1.807, 2.05) is 18.2 Å². The summed E-state index contributed by atoms with van der Waals surface area (Å²) in [5.41, 5.74) is 7.17. The second-order valence-electron chi connectivity index (χ2n) is 7.18. The molecule has 1 N–H and O–H groups in total. The van der Waals surface area contributed by atoms with Crippen LogP contribution in [0.15, 0.2) is 60.9 Å². The van der Waals surface area contributed by atoms with Crippen LogP contribution in [0.2, 0.25) is 0 Å². The van der Waals surface area contributed by atoms with Gasteiger partial charge in [-0.15, -0.1) is 0 Å². The van der Waals surface area contributed by atoms with E-state index in [9.17, 15) is 4.79 Å². The molecule has 0 aliphatic carbocycles. The normalized spacial score (nSPS) is 13.9. The van der Waals surface area contributed by atoms with Crippen LogP contribution in [0, 0.1) is 0 Å². The Labute approximate surface area is 172 Å². The van der Waals surface area contributed by atoms with E-state index in [-0.39, 0.29) is 5.91 Å². The van der Waals surface area contributed by atoms with E-state index >= 15 is 0 Å². The zero-order chi connectivity index (χ0) is 19.6. The molecule has 3 heterocycles. The summed E-state index contributed by atoms with van der Waals surface area (Å²) in [7, 11) is 0. The lowest BCUT2D eigenvalue weighted by Crippen LogP contribution is -2.30. The number of carbonyl (C=O) groups is 1. The fourth-order valence-electron chi connectivity index (χ4n) is 3.80. The molecule has 0 unspecified atom stereocenters. The van der Waals surface area contributed by atoms with Gasteiger partial charge in [-0.25, -0.2) is 0 Å². The molecule has 6 nitrogen and oxygen atoms in total. The molecular weight excluding hydrogens is 382 g/mol. The van der Waals surface area contributed by atoms with Crippen molar-refractivity contribution >= 4 is 34.4 Å². The Bertz CT molecular complexity index is 1170. The third-order valence-corrected chi connectivity index (χ3v) is 5.82. The highest BCUT2D eigenvalue weighted by atomic mass is 32.1. The standard InChI is InChI=1S/C22H19N5OS/c28-22(16-6-9-23-10-7-16)24-19-3-1-2-17-14-27(11-8-18(17)19)13-15-4-5-20-21(12-15)26-29-25-20/h1-7,9-10,12H,8,11,13-14H2,(H,24,28). The minimum atomic E-state index is -0.103. The zero-order valence-corrected chi connectivity index (χ0v) is 16.5. The Balaban J connectivity index is 1.32. The molecule has 4 aromatic rings. The summed E-state index contributed by atoms with van der Waals surface area (Å²) in [6.45, 7) is 2.69. The summed E-state index contributed by atoms with van der Waals surface area (Å²) in [6.07, 6.45) is 4.17. The minimum absolute atomic E-state index is 0.103. The number of benzene rings is 2. The molecule has 0 saturated carbocycles. The molecule has 1 aliphatic heterocycles. The first-order valence-electron chi connectivity index (χ1n) is 9.52. The Morgan fingerprint density at radius 3 is 2.83 bits per heavy atom. The highest BCUT2D eigenvalue weighted by molar-refractivity contribution is 7.00. The molecule has 29 heavy (non-hydrogen) atoms. The maximum Gasteiger partial charge on any atom is 0.255 e. The van der Waals surface area contributed by atoms with Crippen molar-refractivity contribution in [1.29, 1.82) is 0 Å². The van der Waals surface area contributed by atoms with E-state index in [0.29, 0.717) is 5.56 Å². The number of anilines is 1. The summed E-state index contributed by atoms with van der Waals surface area (Å²) in [5.74, 6) is -0.103. The summed E-state index contributed by atoms with van der Waals surface area (Å²) in [6, 6.07) is 15.9. The fraction of sp³-hybridized carbons (Fsp3) is 0.182. The average Bonchev–Trinajstić information content (AvgIpc) is 3.22. The molecule has 2 aromatic heterocycles. The molecule has 144 valence electrons. The maximum absolute atomic E-state index is 12.5. The smallest absolute Gasteiger partial charge is 0.255 e. The van der Waals surface area contributed by atoms with Gasteiger partial charge in [0.05, 0.1) is 11.7 Å². The molecule has 7 heteroatoms. The first-order chi connectivity index (χ1) is 14.3. The quantitative estimate of drug-likeness (QED) is 0.562. The van der Waals surface area contributed by atoms with E-state index in [2.05, 4.69) is 42.1 Å². The van der Waals surface area contributed by atoms with E-state index in [4.69, 9.17) is 0 Å². The lowest BCUT2D eigenvalue weighted by atomic mass is 9.97. The number of rotatable bonds is 4. The summed E-state index contributed by atoms with van der Waals surface area (Å²) in [5, 5.41) is 3.07. The Hall–Kier alpha value is -3.16. The topological polar surface area (TPSA) is 71.0 Å². The van der Waals surface area contributed by atoms with Crippen molar-refractivity contribution in [2.45, 2.75) is 19.5 Å². The van der Waals surface area contributed by atoms with E-state index in [0.717, 1.165) is 42.8 Å². The fourth-order valence-corrected chi connectivity index (χ4v) is 4.32. The number of amides is 1. The molecule has 0 spiro atoms. The molecule has 1 amide bonds. The zero-order valence-electron chi connectivity index (χ0n) is 15.7. The summed E-state index contributed by atoms with van der Waals surface area (Å²) < 4.78 is 8.61.